The number of nitrogens with zero attached hydrogens (tertiary/aromatic N) is 2. The summed E-state index contributed by atoms with van der Waals surface area (Å²) < 4.78 is 39.9. The van der Waals surface area contributed by atoms with Crippen molar-refractivity contribution < 1.29 is 27.5 Å². The number of hydrogen-bond acceptors (Lipinski definition) is 6. The van der Waals surface area contributed by atoms with Crippen molar-refractivity contribution in [3.8, 4) is 11.5 Å². The van der Waals surface area contributed by atoms with Crippen molar-refractivity contribution >= 4 is 50.7 Å². The first-order valence-electron chi connectivity index (χ1n) is 13.7. The molecule has 3 aromatic rings. The molecule has 1 N–H and O–H groups in total. The van der Waals surface area contributed by atoms with Crippen LogP contribution in [0.3, 0.4) is 0 Å². The number of rotatable bonds is 13. The van der Waals surface area contributed by atoms with E-state index < -0.39 is 34.4 Å². The molecule has 9 nitrogen and oxygen atoms in total. The summed E-state index contributed by atoms with van der Waals surface area (Å²) in [5.74, 6) is -0.383. The largest absolute Gasteiger partial charge is 0.493 e. The number of carbonyl (C=O) groups excluding carboxylic acids is 2. The van der Waals surface area contributed by atoms with Crippen LogP contribution in [-0.4, -0.2) is 58.0 Å². The highest BCUT2D eigenvalue weighted by Crippen LogP contribution is 2.34. The molecule has 0 radical (unpaired) electrons. The number of sulfonamides is 1. The zero-order valence-electron chi connectivity index (χ0n) is 25.1. The Balaban J connectivity index is 2.12. The number of anilines is 1. The van der Waals surface area contributed by atoms with Gasteiger partial charge in [-0.25, -0.2) is 8.42 Å². The maximum Gasteiger partial charge on any atom is 0.264 e. The average Bonchev–Trinajstić information content (AvgIpc) is 2.98. The summed E-state index contributed by atoms with van der Waals surface area (Å²) in [6, 6.07) is 14.7. The van der Waals surface area contributed by atoms with Crippen molar-refractivity contribution in [1.82, 2.24) is 10.2 Å². The molecule has 0 aliphatic rings. The van der Waals surface area contributed by atoms with Crippen LogP contribution in [0.4, 0.5) is 5.69 Å². The summed E-state index contributed by atoms with van der Waals surface area (Å²) in [6.45, 7) is 6.45. The molecule has 0 fully saturated rings. The van der Waals surface area contributed by atoms with E-state index in [-0.39, 0.29) is 28.9 Å². The van der Waals surface area contributed by atoms with Gasteiger partial charge in [0.05, 0.1) is 24.8 Å². The molecule has 2 amide bonds. The van der Waals surface area contributed by atoms with E-state index in [1.807, 2.05) is 20.8 Å². The first kappa shape index (κ1) is 34.0. The Morgan fingerprint density at radius 1 is 0.930 bits per heavy atom. The molecule has 3 rings (SSSR count). The molecule has 0 saturated heterocycles. The predicted octanol–water partition coefficient (Wildman–Crippen LogP) is 5.85. The van der Waals surface area contributed by atoms with Crippen molar-refractivity contribution in [2.75, 3.05) is 25.1 Å². The van der Waals surface area contributed by atoms with Gasteiger partial charge in [0.15, 0.2) is 11.5 Å². The van der Waals surface area contributed by atoms with Crippen LogP contribution in [0.5, 0.6) is 11.5 Å². The molecule has 2 unspecified atom stereocenters. The third-order valence-corrected chi connectivity index (χ3v) is 9.60. The maximum absolute atomic E-state index is 14.2. The zero-order chi connectivity index (χ0) is 31.9. The summed E-state index contributed by atoms with van der Waals surface area (Å²) in [6.07, 6.45) is 0.685. The summed E-state index contributed by atoms with van der Waals surface area (Å²) in [4.78, 5) is 28.7. The summed E-state index contributed by atoms with van der Waals surface area (Å²) in [5, 5.41) is 3.51. The molecule has 0 bridgehead atoms. The van der Waals surface area contributed by atoms with E-state index in [1.165, 1.54) is 43.4 Å². The van der Waals surface area contributed by atoms with Gasteiger partial charge in [0.25, 0.3) is 10.0 Å². The summed E-state index contributed by atoms with van der Waals surface area (Å²) >= 11 is 12.9. The van der Waals surface area contributed by atoms with Crippen LogP contribution in [0.15, 0.2) is 65.6 Å². The van der Waals surface area contributed by atoms with E-state index in [0.717, 1.165) is 9.87 Å². The van der Waals surface area contributed by atoms with Gasteiger partial charge in [-0.1, -0.05) is 53.9 Å². The highest BCUT2D eigenvalue weighted by Gasteiger charge is 2.33. The van der Waals surface area contributed by atoms with Crippen molar-refractivity contribution in [1.29, 1.82) is 0 Å². The molecule has 0 spiro atoms. The minimum atomic E-state index is -4.27. The molecule has 0 aromatic heterocycles. The third-order valence-electron chi connectivity index (χ3n) is 7.10. The Hall–Kier alpha value is -3.47. The fraction of sp³-hybridized carbons (Fsp3) is 0.355. The minimum Gasteiger partial charge on any atom is -0.493 e. The predicted molar refractivity (Wildman–Crippen MR) is 170 cm³/mol. The van der Waals surface area contributed by atoms with Crippen LogP contribution in [0.1, 0.15) is 38.3 Å². The van der Waals surface area contributed by atoms with Gasteiger partial charge >= 0.3 is 0 Å². The lowest BCUT2D eigenvalue weighted by Gasteiger charge is -2.33. The number of halogens is 2. The van der Waals surface area contributed by atoms with Crippen molar-refractivity contribution in [2.24, 2.45) is 0 Å². The summed E-state index contributed by atoms with van der Waals surface area (Å²) in [5.41, 5.74) is 1.47. The molecule has 0 saturated carbocycles. The molecule has 3 aromatic carbocycles. The van der Waals surface area contributed by atoms with Crippen LogP contribution in [0.2, 0.25) is 10.0 Å². The highest BCUT2D eigenvalue weighted by atomic mass is 35.5. The van der Waals surface area contributed by atoms with Gasteiger partial charge in [0.2, 0.25) is 11.8 Å². The molecule has 12 heteroatoms. The second kappa shape index (κ2) is 14.8. The van der Waals surface area contributed by atoms with E-state index in [2.05, 4.69) is 5.32 Å². The van der Waals surface area contributed by atoms with Gasteiger partial charge in [-0.2, -0.15) is 0 Å². The number of ether oxygens (including phenoxy) is 2. The highest BCUT2D eigenvalue weighted by molar-refractivity contribution is 7.92. The van der Waals surface area contributed by atoms with E-state index in [0.29, 0.717) is 27.8 Å². The monoisotopic (exact) mass is 649 g/mol. The molecule has 232 valence electrons. The maximum atomic E-state index is 14.2. The lowest BCUT2D eigenvalue weighted by atomic mass is 10.1. The number of carbonyl (C=O) groups is 2. The molecular formula is C31H37Cl2N3O6S. The van der Waals surface area contributed by atoms with E-state index >= 15 is 0 Å². The van der Waals surface area contributed by atoms with Gasteiger partial charge in [-0.05, 0) is 63.6 Å². The Kier molecular flexibility index (Phi) is 11.7. The van der Waals surface area contributed by atoms with E-state index in [4.69, 9.17) is 32.7 Å². The minimum absolute atomic E-state index is 0.0102. The van der Waals surface area contributed by atoms with Crippen LogP contribution >= 0.6 is 23.2 Å². The first-order chi connectivity index (χ1) is 20.3. The second-order valence-electron chi connectivity index (χ2n) is 10.1. The lowest BCUT2D eigenvalue weighted by molar-refractivity contribution is -0.139. The van der Waals surface area contributed by atoms with Crippen LogP contribution in [0, 0.1) is 6.92 Å². The second-order valence-corrected chi connectivity index (χ2v) is 12.8. The van der Waals surface area contributed by atoms with Crippen molar-refractivity contribution in [2.45, 2.75) is 57.6 Å². The molecule has 2 atom stereocenters. The lowest BCUT2D eigenvalue weighted by Crippen LogP contribution is -2.52. The van der Waals surface area contributed by atoms with E-state index in [9.17, 15) is 18.0 Å². The zero-order valence-corrected chi connectivity index (χ0v) is 27.4. The normalized spacial score (nSPS) is 12.7. The Labute approximate surface area is 263 Å². The smallest absolute Gasteiger partial charge is 0.264 e. The fourth-order valence-corrected chi connectivity index (χ4v) is 6.17. The van der Waals surface area contributed by atoms with Crippen LogP contribution in [0.25, 0.3) is 0 Å². The van der Waals surface area contributed by atoms with Crippen molar-refractivity contribution in [3.63, 3.8) is 0 Å². The van der Waals surface area contributed by atoms with Crippen LogP contribution < -0.4 is 19.1 Å². The number of methoxy groups -OCH3 is 2. The summed E-state index contributed by atoms with van der Waals surface area (Å²) in [7, 11) is -1.37. The van der Waals surface area contributed by atoms with Gasteiger partial charge < -0.3 is 19.7 Å². The number of aryl methyl sites for hydroxylation is 1. The Morgan fingerprint density at radius 3 is 2.09 bits per heavy atom. The standard InChI is InChI=1S/C31H37Cl2N3O6S/c1-7-21(3)34-31(38)22(4)35(18-25-26(32)9-8-10-27(25)33)30(37)19-36(23-13-16-28(41-5)29(17-23)42-6)43(39,40)24-14-11-20(2)12-15-24/h8-17,21-22H,7,18-19H2,1-6H3,(H,34,38). The van der Waals surface area contributed by atoms with Gasteiger partial charge in [-0.3, -0.25) is 13.9 Å². The SMILES string of the molecule is CCC(C)NC(=O)C(C)N(Cc1c(Cl)cccc1Cl)C(=O)CN(c1ccc(OC)c(OC)c1)S(=O)(=O)c1ccc(C)cc1. The van der Waals surface area contributed by atoms with Gasteiger partial charge in [-0.15, -0.1) is 0 Å². The molecule has 0 aliphatic heterocycles. The molecule has 0 aliphatic carbocycles. The number of benzene rings is 3. The molecular weight excluding hydrogens is 613 g/mol. The number of hydrogen-bond donors (Lipinski definition) is 1. The number of amides is 2. The fourth-order valence-electron chi connectivity index (χ4n) is 4.25. The van der Waals surface area contributed by atoms with Crippen LogP contribution in [-0.2, 0) is 26.2 Å². The number of nitrogens with one attached hydrogen (secondary N) is 1. The Morgan fingerprint density at radius 2 is 1.53 bits per heavy atom. The third kappa shape index (κ3) is 8.13. The van der Waals surface area contributed by atoms with Gasteiger partial charge in [0, 0.05) is 34.3 Å². The average molecular weight is 651 g/mol. The Bertz CT molecular complexity index is 1530. The molecule has 43 heavy (non-hydrogen) atoms. The quantitative estimate of drug-likeness (QED) is 0.249. The topological polar surface area (TPSA) is 105 Å². The van der Waals surface area contributed by atoms with E-state index in [1.54, 1.807) is 43.3 Å². The van der Waals surface area contributed by atoms with Gasteiger partial charge in [0.1, 0.15) is 12.6 Å². The molecule has 0 heterocycles. The van der Waals surface area contributed by atoms with Crippen molar-refractivity contribution in [3.05, 3.63) is 81.8 Å². The first-order valence-corrected chi connectivity index (χ1v) is 15.9.